The Labute approximate surface area is 167 Å². The SMILES string of the molecule is COc1ccc(C)cc1C[NH+](C)CC(=O)Nc1cccc(S(=O)(=O)N(C)C)c1. The highest BCUT2D eigenvalue weighted by molar-refractivity contribution is 7.89. The summed E-state index contributed by atoms with van der Waals surface area (Å²) in [4.78, 5) is 13.5. The molecule has 0 aliphatic rings. The van der Waals surface area contributed by atoms with Crippen LogP contribution < -0.4 is 15.0 Å². The van der Waals surface area contributed by atoms with E-state index in [1.807, 2.05) is 26.1 Å². The highest BCUT2D eigenvalue weighted by atomic mass is 32.2. The molecule has 2 aromatic carbocycles. The van der Waals surface area contributed by atoms with Crippen molar-refractivity contribution in [1.29, 1.82) is 0 Å². The van der Waals surface area contributed by atoms with Gasteiger partial charge >= 0.3 is 0 Å². The number of aryl methyl sites for hydroxylation is 1. The van der Waals surface area contributed by atoms with Gasteiger partial charge in [0.05, 0.1) is 19.1 Å². The standard InChI is InChI=1S/C20H27N3O4S/c1-15-9-10-19(27-5)16(11-15)13-23(4)14-20(24)21-17-7-6-8-18(12-17)28(25,26)22(2)3/h6-12H,13-14H2,1-5H3,(H,21,24)/p+1. The van der Waals surface area contributed by atoms with Gasteiger partial charge in [0.2, 0.25) is 10.0 Å². The zero-order chi connectivity index (χ0) is 20.9. The maximum atomic E-state index is 12.4. The smallest absolute Gasteiger partial charge is 0.279 e. The van der Waals surface area contributed by atoms with Crippen molar-refractivity contribution in [1.82, 2.24) is 4.31 Å². The lowest BCUT2D eigenvalue weighted by Crippen LogP contribution is -3.08. The molecule has 0 saturated heterocycles. The van der Waals surface area contributed by atoms with E-state index in [0.29, 0.717) is 12.2 Å². The van der Waals surface area contributed by atoms with E-state index < -0.39 is 10.0 Å². The van der Waals surface area contributed by atoms with Crippen molar-refractivity contribution in [2.24, 2.45) is 0 Å². The van der Waals surface area contributed by atoms with Crippen LogP contribution in [0, 0.1) is 6.92 Å². The molecule has 0 fully saturated rings. The Hall–Kier alpha value is -2.42. The molecule has 1 atom stereocenters. The molecule has 8 heteroatoms. The Kier molecular flexibility index (Phi) is 7.17. The second kappa shape index (κ2) is 9.18. The van der Waals surface area contributed by atoms with Gasteiger partial charge in [-0.25, -0.2) is 12.7 Å². The molecule has 0 aromatic heterocycles. The van der Waals surface area contributed by atoms with Gasteiger partial charge < -0.3 is 15.0 Å². The number of likely N-dealkylation sites (N-methyl/N-ethyl adjacent to an activating group) is 1. The first-order valence-electron chi connectivity index (χ1n) is 8.90. The molecule has 0 bridgehead atoms. The van der Waals surface area contributed by atoms with Crippen LogP contribution >= 0.6 is 0 Å². The molecule has 28 heavy (non-hydrogen) atoms. The molecule has 2 aromatic rings. The van der Waals surface area contributed by atoms with Crippen molar-refractivity contribution in [2.75, 3.05) is 40.1 Å². The number of quaternary nitrogens is 1. The number of rotatable bonds is 8. The number of hydrogen-bond donors (Lipinski definition) is 2. The summed E-state index contributed by atoms with van der Waals surface area (Å²) in [6, 6.07) is 12.2. The average molecular weight is 407 g/mol. The van der Waals surface area contributed by atoms with Crippen LogP contribution in [0.5, 0.6) is 5.75 Å². The van der Waals surface area contributed by atoms with E-state index >= 15 is 0 Å². The maximum Gasteiger partial charge on any atom is 0.279 e. The van der Waals surface area contributed by atoms with Gasteiger partial charge in [0, 0.05) is 25.3 Å². The van der Waals surface area contributed by atoms with E-state index in [1.165, 1.54) is 26.2 Å². The molecule has 2 rings (SSSR count). The lowest BCUT2D eigenvalue weighted by atomic mass is 10.1. The number of carbonyl (C=O) groups is 1. The number of nitrogens with one attached hydrogen (secondary N) is 2. The van der Waals surface area contributed by atoms with Crippen molar-refractivity contribution in [3.05, 3.63) is 53.6 Å². The summed E-state index contributed by atoms with van der Waals surface area (Å²) in [7, 11) is 2.95. The van der Waals surface area contributed by atoms with E-state index in [-0.39, 0.29) is 17.3 Å². The van der Waals surface area contributed by atoms with Gasteiger partial charge in [-0.05, 0) is 37.3 Å². The fourth-order valence-electron chi connectivity index (χ4n) is 2.86. The summed E-state index contributed by atoms with van der Waals surface area (Å²) in [6.07, 6.45) is 0. The fraction of sp³-hybridized carbons (Fsp3) is 0.350. The number of amides is 1. The summed E-state index contributed by atoms with van der Waals surface area (Å²) in [6.45, 7) is 2.88. The second-order valence-electron chi connectivity index (χ2n) is 6.99. The van der Waals surface area contributed by atoms with Crippen LogP contribution in [-0.4, -0.2) is 53.4 Å². The van der Waals surface area contributed by atoms with Crippen LogP contribution in [0.1, 0.15) is 11.1 Å². The van der Waals surface area contributed by atoms with E-state index in [0.717, 1.165) is 26.1 Å². The summed E-state index contributed by atoms with van der Waals surface area (Å²) in [5.41, 5.74) is 2.62. The number of benzene rings is 2. The quantitative estimate of drug-likeness (QED) is 0.683. The molecule has 0 spiro atoms. The topological polar surface area (TPSA) is 80.1 Å². The molecule has 1 amide bonds. The molecule has 0 radical (unpaired) electrons. The summed E-state index contributed by atoms with van der Waals surface area (Å²) >= 11 is 0. The van der Waals surface area contributed by atoms with Gasteiger partial charge in [-0.1, -0.05) is 17.7 Å². The minimum atomic E-state index is -3.55. The van der Waals surface area contributed by atoms with Crippen molar-refractivity contribution in [2.45, 2.75) is 18.4 Å². The monoisotopic (exact) mass is 406 g/mol. The van der Waals surface area contributed by atoms with Gasteiger partial charge in [0.1, 0.15) is 12.3 Å². The molecule has 1 unspecified atom stereocenters. The normalized spacial score (nSPS) is 12.6. The van der Waals surface area contributed by atoms with Gasteiger partial charge in [0.15, 0.2) is 6.54 Å². The van der Waals surface area contributed by atoms with E-state index in [2.05, 4.69) is 11.4 Å². The summed E-state index contributed by atoms with van der Waals surface area (Å²) in [5.74, 6) is 0.607. The molecule has 0 aliphatic heterocycles. The van der Waals surface area contributed by atoms with Crippen molar-refractivity contribution in [3.63, 3.8) is 0 Å². The van der Waals surface area contributed by atoms with Gasteiger partial charge in [-0.15, -0.1) is 0 Å². The lowest BCUT2D eigenvalue weighted by molar-refractivity contribution is -0.885. The first-order valence-corrected chi connectivity index (χ1v) is 10.3. The summed E-state index contributed by atoms with van der Waals surface area (Å²) in [5, 5.41) is 2.78. The average Bonchev–Trinajstić information content (AvgIpc) is 2.61. The zero-order valence-corrected chi connectivity index (χ0v) is 17.8. The fourth-order valence-corrected chi connectivity index (χ4v) is 3.81. The Morgan fingerprint density at radius 3 is 2.54 bits per heavy atom. The number of anilines is 1. The Morgan fingerprint density at radius 2 is 1.89 bits per heavy atom. The van der Waals surface area contributed by atoms with E-state index in [4.69, 9.17) is 4.74 Å². The van der Waals surface area contributed by atoms with E-state index in [1.54, 1.807) is 19.2 Å². The highest BCUT2D eigenvalue weighted by Crippen LogP contribution is 2.19. The minimum Gasteiger partial charge on any atom is -0.496 e. The number of nitrogens with zero attached hydrogens (tertiary/aromatic N) is 1. The lowest BCUT2D eigenvalue weighted by Gasteiger charge is -2.17. The molecule has 0 aliphatic carbocycles. The van der Waals surface area contributed by atoms with Crippen LogP contribution in [-0.2, 0) is 21.4 Å². The Balaban J connectivity index is 2.04. The van der Waals surface area contributed by atoms with Crippen LogP contribution in [0.2, 0.25) is 0 Å². The third-order valence-corrected chi connectivity index (χ3v) is 6.10. The number of carbonyl (C=O) groups excluding carboxylic acids is 1. The van der Waals surface area contributed by atoms with Crippen LogP contribution in [0.3, 0.4) is 0 Å². The van der Waals surface area contributed by atoms with Gasteiger partial charge in [-0.2, -0.15) is 0 Å². The Morgan fingerprint density at radius 1 is 1.18 bits per heavy atom. The van der Waals surface area contributed by atoms with Crippen LogP contribution in [0.4, 0.5) is 5.69 Å². The number of hydrogen-bond acceptors (Lipinski definition) is 4. The minimum absolute atomic E-state index is 0.139. The number of ether oxygens (including phenoxy) is 1. The molecule has 2 N–H and O–H groups in total. The van der Waals surface area contributed by atoms with E-state index in [9.17, 15) is 13.2 Å². The van der Waals surface area contributed by atoms with Crippen LogP contribution in [0.15, 0.2) is 47.4 Å². The third kappa shape index (κ3) is 5.54. The molecule has 0 heterocycles. The largest absolute Gasteiger partial charge is 0.496 e. The number of sulfonamides is 1. The van der Waals surface area contributed by atoms with Crippen LogP contribution in [0.25, 0.3) is 0 Å². The van der Waals surface area contributed by atoms with Gasteiger partial charge in [0.25, 0.3) is 5.91 Å². The maximum absolute atomic E-state index is 12.4. The zero-order valence-electron chi connectivity index (χ0n) is 16.9. The second-order valence-corrected chi connectivity index (χ2v) is 9.14. The number of methoxy groups -OCH3 is 1. The Bertz CT molecular complexity index is 942. The first-order chi connectivity index (χ1) is 13.1. The molecule has 152 valence electrons. The van der Waals surface area contributed by atoms with Crippen molar-refractivity contribution in [3.8, 4) is 5.75 Å². The first kappa shape index (κ1) is 21.9. The molecule has 7 nitrogen and oxygen atoms in total. The molecule has 0 saturated carbocycles. The van der Waals surface area contributed by atoms with Crippen molar-refractivity contribution >= 4 is 21.6 Å². The predicted octanol–water partition coefficient (Wildman–Crippen LogP) is 0.907. The highest BCUT2D eigenvalue weighted by Gasteiger charge is 2.18. The van der Waals surface area contributed by atoms with Gasteiger partial charge in [-0.3, -0.25) is 4.79 Å². The summed E-state index contributed by atoms with van der Waals surface area (Å²) < 4.78 is 31.0. The van der Waals surface area contributed by atoms with Crippen molar-refractivity contribution < 1.29 is 22.8 Å². The third-order valence-electron chi connectivity index (χ3n) is 4.29. The molecular weight excluding hydrogens is 378 g/mol. The molecular formula is C20H28N3O4S+. The predicted molar refractivity (Wildman–Crippen MR) is 109 cm³/mol.